The topological polar surface area (TPSA) is 157 Å². The van der Waals surface area contributed by atoms with Crippen molar-refractivity contribution in [3.8, 4) is 11.1 Å². The molecular weight excluding hydrogens is 632 g/mol. The molecule has 0 radical (unpaired) electrons. The Balaban J connectivity index is 1.22. The van der Waals surface area contributed by atoms with Crippen molar-refractivity contribution in [1.29, 1.82) is 0 Å². The van der Waals surface area contributed by atoms with Crippen LogP contribution in [0.1, 0.15) is 41.4 Å². The summed E-state index contributed by atoms with van der Waals surface area (Å²) in [5.41, 5.74) is 4.43. The number of anilines is 6. The summed E-state index contributed by atoms with van der Waals surface area (Å²) in [7, 11) is 0. The Bertz CT molecular complexity index is 2030. The molecule has 0 aliphatic heterocycles. The highest BCUT2D eigenvalue weighted by molar-refractivity contribution is 6.13. The van der Waals surface area contributed by atoms with E-state index in [0.717, 1.165) is 22.7 Å². The van der Waals surface area contributed by atoms with Crippen LogP contribution >= 0.6 is 0 Å². The number of carboxylic acids is 2. The van der Waals surface area contributed by atoms with Crippen LogP contribution in [0.5, 0.6) is 0 Å². The summed E-state index contributed by atoms with van der Waals surface area (Å²) in [5, 5.41) is 31.7. The third-order valence-corrected chi connectivity index (χ3v) is 7.73. The van der Waals surface area contributed by atoms with E-state index in [0.29, 0.717) is 22.5 Å². The standard InChI is InChI=1S/C40H30N4O6/c45-37(43-31-17-13-29(14-18-31)41-27-7-3-1-4-8-27)35-23-25(11-21-33(35)39(47)48)26-12-22-34(40(49)50)36(24-26)38(46)44-32-19-15-30(16-20-32)42-28-9-5-2-6-10-28/h1-24,41-42H,(H,43,45)(H,44,46)(H,47,48)(H,49,50). The van der Waals surface area contributed by atoms with Crippen LogP contribution in [0.25, 0.3) is 11.1 Å². The second kappa shape index (κ2) is 14.7. The molecule has 0 spiro atoms. The molecule has 0 saturated carbocycles. The van der Waals surface area contributed by atoms with Gasteiger partial charge in [-0.25, -0.2) is 9.59 Å². The summed E-state index contributed by atoms with van der Waals surface area (Å²) >= 11 is 0. The first-order valence-corrected chi connectivity index (χ1v) is 15.5. The number of nitrogens with one attached hydrogen (secondary N) is 4. The Labute approximate surface area is 287 Å². The highest BCUT2D eigenvalue weighted by Gasteiger charge is 2.21. The van der Waals surface area contributed by atoms with Crippen molar-refractivity contribution in [3.05, 3.63) is 168 Å². The van der Waals surface area contributed by atoms with Crippen LogP contribution in [-0.4, -0.2) is 34.0 Å². The Morgan fingerprint density at radius 1 is 0.360 bits per heavy atom. The molecule has 0 fully saturated rings. The summed E-state index contributed by atoms with van der Waals surface area (Å²) in [6.45, 7) is 0. The average Bonchev–Trinajstić information content (AvgIpc) is 3.13. The van der Waals surface area contributed by atoms with Crippen LogP contribution in [0.15, 0.2) is 146 Å². The Hall–Kier alpha value is -7.20. The number of benzene rings is 6. The van der Waals surface area contributed by atoms with Crippen molar-refractivity contribution in [3.63, 3.8) is 0 Å². The lowest BCUT2D eigenvalue weighted by molar-refractivity contribution is 0.0683. The molecule has 0 aliphatic carbocycles. The average molecular weight is 663 g/mol. The van der Waals surface area contributed by atoms with Gasteiger partial charge in [0.15, 0.2) is 0 Å². The van der Waals surface area contributed by atoms with E-state index >= 15 is 0 Å². The lowest BCUT2D eigenvalue weighted by Crippen LogP contribution is -2.17. The van der Waals surface area contributed by atoms with Crippen LogP contribution in [0.4, 0.5) is 34.1 Å². The van der Waals surface area contributed by atoms with Gasteiger partial charge in [0.1, 0.15) is 0 Å². The predicted molar refractivity (Wildman–Crippen MR) is 194 cm³/mol. The number of aromatic carboxylic acids is 2. The number of hydrogen-bond acceptors (Lipinski definition) is 6. The van der Waals surface area contributed by atoms with E-state index in [2.05, 4.69) is 21.3 Å². The summed E-state index contributed by atoms with van der Waals surface area (Å²) in [4.78, 5) is 51.0. The fourth-order valence-electron chi connectivity index (χ4n) is 5.24. The van der Waals surface area contributed by atoms with Crippen molar-refractivity contribution < 1.29 is 29.4 Å². The van der Waals surface area contributed by atoms with Gasteiger partial charge in [0.25, 0.3) is 11.8 Å². The van der Waals surface area contributed by atoms with Crippen molar-refractivity contribution >= 4 is 57.9 Å². The van der Waals surface area contributed by atoms with E-state index in [-0.39, 0.29) is 22.3 Å². The largest absolute Gasteiger partial charge is 0.478 e. The van der Waals surface area contributed by atoms with E-state index in [1.807, 2.05) is 60.7 Å². The summed E-state index contributed by atoms with van der Waals surface area (Å²) < 4.78 is 0. The van der Waals surface area contributed by atoms with Crippen LogP contribution < -0.4 is 21.3 Å². The van der Waals surface area contributed by atoms with E-state index in [1.54, 1.807) is 48.5 Å². The number of carbonyl (C=O) groups excluding carboxylic acids is 2. The quantitative estimate of drug-likeness (QED) is 0.0804. The van der Waals surface area contributed by atoms with Gasteiger partial charge in [0.2, 0.25) is 0 Å². The van der Waals surface area contributed by atoms with Gasteiger partial charge < -0.3 is 31.5 Å². The minimum atomic E-state index is -1.30. The van der Waals surface area contributed by atoms with Crippen LogP contribution in [0.3, 0.4) is 0 Å². The number of rotatable bonds is 11. The lowest BCUT2D eigenvalue weighted by Gasteiger charge is -2.13. The molecular formula is C40H30N4O6. The lowest BCUT2D eigenvalue weighted by atomic mass is 9.95. The summed E-state index contributed by atoms with van der Waals surface area (Å²) in [6, 6.07) is 41.4. The van der Waals surface area contributed by atoms with Gasteiger partial charge in [-0.2, -0.15) is 0 Å². The molecule has 246 valence electrons. The van der Waals surface area contributed by atoms with Gasteiger partial charge >= 0.3 is 11.9 Å². The van der Waals surface area contributed by atoms with Crippen molar-refractivity contribution in [2.75, 3.05) is 21.3 Å². The highest BCUT2D eigenvalue weighted by Crippen LogP contribution is 2.28. The molecule has 0 aromatic heterocycles. The number of carbonyl (C=O) groups is 4. The maximum atomic E-state index is 13.4. The maximum absolute atomic E-state index is 13.4. The van der Waals surface area contributed by atoms with Gasteiger partial charge in [0, 0.05) is 34.1 Å². The SMILES string of the molecule is O=C(O)c1ccc(-c2ccc(C(=O)O)c(C(=O)Nc3ccc(Nc4ccccc4)cc3)c2)cc1C(=O)Nc1ccc(Nc2ccccc2)cc1. The minimum absolute atomic E-state index is 0.112. The minimum Gasteiger partial charge on any atom is -0.478 e. The summed E-state index contributed by atoms with van der Waals surface area (Å²) in [5.74, 6) is -3.90. The molecule has 0 unspecified atom stereocenters. The number of para-hydroxylation sites is 2. The number of hydrogen-bond donors (Lipinski definition) is 6. The molecule has 6 N–H and O–H groups in total. The first-order valence-electron chi connectivity index (χ1n) is 15.5. The number of carboxylic acid groups (broad SMARTS) is 2. The zero-order valence-electron chi connectivity index (χ0n) is 26.4. The molecule has 0 saturated heterocycles. The third kappa shape index (κ3) is 7.84. The molecule has 0 atom stereocenters. The fourth-order valence-corrected chi connectivity index (χ4v) is 5.24. The van der Waals surface area contributed by atoms with Gasteiger partial charge in [-0.1, -0.05) is 48.5 Å². The van der Waals surface area contributed by atoms with Gasteiger partial charge in [-0.05, 0) is 108 Å². The zero-order chi connectivity index (χ0) is 35.0. The molecule has 6 aromatic rings. The Morgan fingerprint density at radius 3 is 1.02 bits per heavy atom. The molecule has 2 amide bonds. The Morgan fingerprint density at radius 2 is 0.680 bits per heavy atom. The fraction of sp³-hybridized carbons (Fsp3) is 0. The highest BCUT2D eigenvalue weighted by atomic mass is 16.4. The predicted octanol–water partition coefficient (Wildman–Crippen LogP) is 8.74. The third-order valence-electron chi connectivity index (χ3n) is 7.73. The molecule has 6 aromatic carbocycles. The van der Waals surface area contributed by atoms with E-state index < -0.39 is 23.8 Å². The van der Waals surface area contributed by atoms with Gasteiger partial charge in [-0.3, -0.25) is 9.59 Å². The molecule has 0 aliphatic rings. The molecule has 0 bridgehead atoms. The molecule has 6 rings (SSSR count). The first kappa shape index (κ1) is 32.7. The van der Waals surface area contributed by atoms with Gasteiger partial charge in [0.05, 0.1) is 22.3 Å². The molecule has 10 nitrogen and oxygen atoms in total. The normalized spacial score (nSPS) is 10.5. The van der Waals surface area contributed by atoms with Crippen molar-refractivity contribution in [2.24, 2.45) is 0 Å². The number of amides is 2. The second-order valence-corrected chi connectivity index (χ2v) is 11.2. The van der Waals surface area contributed by atoms with Crippen LogP contribution in [0, 0.1) is 0 Å². The molecule has 0 heterocycles. The molecule has 50 heavy (non-hydrogen) atoms. The van der Waals surface area contributed by atoms with Gasteiger partial charge in [-0.15, -0.1) is 0 Å². The van der Waals surface area contributed by atoms with E-state index in [4.69, 9.17) is 0 Å². The van der Waals surface area contributed by atoms with E-state index in [9.17, 15) is 29.4 Å². The van der Waals surface area contributed by atoms with E-state index in [1.165, 1.54) is 36.4 Å². The van der Waals surface area contributed by atoms with Crippen molar-refractivity contribution in [2.45, 2.75) is 0 Å². The first-order chi connectivity index (χ1) is 24.2. The Kier molecular flexibility index (Phi) is 9.62. The molecule has 10 heteroatoms. The monoisotopic (exact) mass is 662 g/mol. The zero-order valence-corrected chi connectivity index (χ0v) is 26.4. The second-order valence-electron chi connectivity index (χ2n) is 11.2. The van der Waals surface area contributed by atoms with Crippen LogP contribution in [0.2, 0.25) is 0 Å². The van der Waals surface area contributed by atoms with Crippen LogP contribution in [-0.2, 0) is 0 Å². The smallest absolute Gasteiger partial charge is 0.336 e. The summed E-state index contributed by atoms with van der Waals surface area (Å²) in [6.07, 6.45) is 0. The van der Waals surface area contributed by atoms with Crippen molar-refractivity contribution in [1.82, 2.24) is 0 Å². The maximum Gasteiger partial charge on any atom is 0.336 e.